The van der Waals surface area contributed by atoms with Gasteiger partial charge in [-0.3, -0.25) is 9.69 Å². The average molecular weight is 600 g/mol. The minimum atomic E-state index is -3.88. The third-order valence-corrected chi connectivity index (χ3v) is 11.3. The fraction of sp³-hybridized carbons (Fsp3) is 0.370. The van der Waals surface area contributed by atoms with E-state index in [0.29, 0.717) is 29.4 Å². The highest BCUT2D eigenvalue weighted by atomic mass is 35.5. The number of thiophene rings is 1. The molecule has 2 aromatic heterocycles. The van der Waals surface area contributed by atoms with Gasteiger partial charge in [0.15, 0.2) is 0 Å². The number of carbonyl (C=O) groups is 1. The van der Waals surface area contributed by atoms with Gasteiger partial charge < -0.3 is 15.5 Å². The SMILES string of the molecule is CN1CCN(CC2CN(S(=O)(=O)c3cc4ccc(Cl)cc4s3)CC(=O)N2Cc2ccc3c(N)ncnc3c2)CC1. The van der Waals surface area contributed by atoms with Crippen molar-refractivity contribution in [2.45, 2.75) is 16.8 Å². The smallest absolute Gasteiger partial charge is 0.253 e. The monoisotopic (exact) mass is 599 g/mol. The zero-order chi connectivity index (χ0) is 28.0. The summed E-state index contributed by atoms with van der Waals surface area (Å²) in [7, 11) is -1.78. The van der Waals surface area contributed by atoms with Gasteiger partial charge in [0.2, 0.25) is 5.91 Å². The summed E-state index contributed by atoms with van der Waals surface area (Å²) in [5.41, 5.74) is 7.60. The number of carbonyl (C=O) groups excluding carboxylic acids is 1. The summed E-state index contributed by atoms with van der Waals surface area (Å²) in [6.07, 6.45) is 1.42. The third kappa shape index (κ3) is 5.39. The van der Waals surface area contributed by atoms with Gasteiger partial charge in [-0.1, -0.05) is 23.7 Å². The lowest BCUT2D eigenvalue weighted by atomic mass is 10.1. The van der Waals surface area contributed by atoms with Crippen LogP contribution in [0, 0.1) is 0 Å². The number of nitrogens with two attached hydrogens (primary N) is 1. The van der Waals surface area contributed by atoms with E-state index in [-0.39, 0.29) is 29.2 Å². The number of sulfonamides is 1. The molecule has 6 rings (SSSR count). The average Bonchev–Trinajstić information content (AvgIpc) is 3.36. The van der Waals surface area contributed by atoms with Crippen LogP contribution in [0.1, 0.15) is 5.56 Å². The summed E-state index contributed by atoms with van der Waals surface area (Å²) < 4.78 is 30.0. The maximum atomic E-state index is 13.8. The molecule has 0 spiro atoms. The molecule has 2 N–H and O–H groups in total. The molecule has 0 saturated carbocycles. The summed E-state index contributed by atoms with van der Waals surface area (Å²) in [5.74, 6) is 0.184. The molecule has 2 saturated heterocycles. The van der Waals surface area contributed by atoms with E-state index in [1.54, 1.807) is 18.2 Å². The van der Waals surface area contributed by atoms with E-state index in [4.69, 9.17) is 17.3 Å². The lowest BCUT2D eigenvalue weighted by Gasteiger charge is -2.43. The zero-order valence-electron chi connectivity index (χ0n) is 22.0. The molecule has 210 valence electrons. The number of aromatic nitrogens is 2. The highest BCUT2D eigenvalue weighted by Gasteiger charge is 2.40. The van der Waals surface area contributed by atoms with Gasteiger partial charge in [-0.2, -0.15) is 4.31 Å². The van der Waals surface area contributed by atoms with E-state index >= 15 is 0 Å². The van der Waals surface area contributed by atoms with Crippen LogP contribution in [0.5, 0.6) is 0 Å². The second kappa shape index (κ2) is 10.8. The molecule has 1 amide bonds. The normalized spacial score (nSPS) is 20.1. The van der Waals surface area contributed by atoms with Gasteiger partial charge in [0.25, 0.3) is 10.0 Å². The van der Waals surface area contributed by atoms with Gasteiger partial charge in [0.1, 0.15) is 16.4 Å². The molecule has 4 aromatic rings. The van der Waals surface area contributed by atoms with Gasteiger partial charge in [-0.25, -0.2) is 18.4 Å². The molecule has 2 aromatic carbocycles. The van der Waals surface area contributed by atoms with Crippen LogP contribution in [0.2, 0.25) is 5.02 Å². The first-order valence-electron chi connectivity index (χ1n) is 13.1. The largest absolute Gasteiger partial charge is 0.383 e. The Morgan fingerprint density at radius 2 is 1.88 bits per heavy atom. The first-order chi connectivity index (χ1) is 19.2. The number of hydrogen-bond acceptors (Lipinski definition) is 9. The molecule has 4 heterocycles. The quantitative estimate of drug-likeness (QED) is 0.360. The highest BCUT2D eigenvalue weighted by Crippen LogP contribution is 2.34. The standard InChI is InChI=1S/C27H30ClN7O3S2/c1-32-6-8-33(9-7-32)14-21-15-34(40(37,38)26-11-19-3-4-20(28)12-24(19)39-26)16-25(36)35(21)13-18-2-5-22-23(10-18)30-17-31-27(22)29/h2-5,10-12,17,21H,6-9,13-16H2,1H3,(H2,29,30,31). The first kappa shape index (κ1) is 27.3. The number of piperazine rings is 2. The number of benzene rings is 2. The van der Waals surface area contributed by atoms with Gasteiger partial charge >= 0.3 is 0 Å². The minimum absolute atomic E-state index is 0.209. The summed E-state index contributed by atoms with van der Waals surface area (Å²) in [6.45, 7) is 4.55. The molecule has 0 aliphatic carbocycles. The molecular weight excluding hydrogens is 570 g/mol. The minimum Gasteiger partial charge on any atom is -0.383 e. The number of hydrogen-bond donors (Lipinski definition) is 1. The molecule has 2 aliphatic rings. The Balaban J connectivity index is 1.29. The van der Waals surface area contributed by atoms with Crippen LogP contribution in [0.25, 0.3) is 21.0 Å². The van der Waals surface area contributed by atoms with Gasteiger partial charge in [-0.05, 0) is 48.3 Å². The summed E-state index contributed by atoms with van der Waals surface area (Å²) >= 11 is 7.31. The second-order valence-electron chi connectivity index (χ2n) is 10.4. The fourth-order valence-electron chi connectivity index (χ4n) is 5.38. The molecule has 2 fully saturated rings. The Hall–Kier alpha value is -2.87. The number of halogens is 1. The van der Waals surface area contributed by atoms with Crippen molar-refractivity contribution < 1.29 is 13.2 Å². The van der Waals surface area contributed by atoms with Crippen molar-refractivity contribution in [1.29, 1.82) is 0 Å². The lowest BCUT2D eigenvalue weighted by molar-refractivity contribution is -0.139. The number of fused-ring (bicyclic) bond motifs is 2. The molecule has 2 aliphatic heterocycles. The molecule has 1 unspecified atom stereocenters. The van der Waals surface area contributed by atoms with Crippen LogP contribution in [0.4, 0.5) is 5.82 Å². The number of nitrogen functional groups attached to an aromatic ring is 1. The summed E-state index contributed by atoms with van der Waals surface area (Å²) in [5, 5.41) is 2.12. The molecule has 10 nitrogen and oxygen atoms in total. The summed E-state index contributed by atoms with van der Waals surface area (Å²) in [6, 6.07) is 12.4. The Labute approximate surface area is 242 Å². The molecule has 1 atom stereocenters. The van der Waals surface area contributed by atoms with Crippen LogP contribution >= 0.6 is 22.9 Å². The molecule has 0 radical (unpaired) electrons. The lowest BCUT2D eigenvalue weighted by Crippen LogP contribution is -2.61. The van der Waals surface area contributed by atoms with Gasteiger partial charge in [0, 0.05) is 60.9 Å². The van der Waals surface area contributed by atoms with Crippen molar-refractivity contribution in [3.63, 3.8) is 0 Å². The third-order valence-electron chi connectivity index (χ3n) is 7.69. The van der Waals surface area contributed by atoms with Crippen molar-refractivity contribution in [1.82, 2.24) is 29.0 Å². The molecule has 40 heavy (non-hydrogen) atoms. The van der Waals surface area contributed by atoms with Gasteiger partial charge in [-0.15, -0.1) is 11.3 Å². The van der Waals surface area contributed by atoms with E-state index in [1.165, 1.54) is 22.0 Å². The molecular formula is C27H30ClN7O3S2. The fourth-order valence-corrected chi connectivity index (χ4v) is 8.64. The number of likely N-dealkylation sites (N-methyl/N-ethyl adjacent to an activating group) is 1. The molecule has 13 heteroatoms. The Kier molecular flexibility index (Phi) is 7.40. The van der Waals surface area contributed by atoms with E-state index in [1.807, 2.05) is 29.2 Å². The first-order valence-corrected chi connectivity index (χ1v) is 15.7. The Morgan fingerprint density at radius 3 is 2.67 bits per heavy atom. The van der Waals surface area contributed by atoms with Crippen LogP contribution in [0.3, 0.4) is 0 Å². The Morgan fingerprint density at radius 1 is 1.07 bits per heavy atom. The van der Waals surface area contributed by atoms with E-state index in [0.717, 1.165) is 47.2 Å². The van der Waals surface area contributed by atoms with Crippen LogP contribution in [-0.4, -0.2) is 102 Å². The van der Waals surface area contributed by atoms with E-state index in [2.05, 4.69) is 26.8 Å². The van der Waals surface area contributed by atoms with E-state index < -0.39 is 10.0 Å². The van der Waals surface area contributed by atoms with Crippen molar-refractivity contribution in [2.24, 2.45) is 0 Å². The number of rotatable bonds is 6. The van der Waals surface area contributed by atoms with Crippen molar-refractivity contribution in [3.8, 4) is 0 Å². The topological polar surface area (TPSA) is 116 Å². The number of anilines is 1. The van der Waals surface area contributed by atoms with Crippen molar-refractivity contribution >= 4 is 65.7 Å². The Bertz CT molecular complexity index is 1690. The number of amides is 1. The summed E-state index contributed by atoms with van der Waals surface area (Å²) in [4.78, 5) is 28.4. The van der Waals surface area contributed by atoms with Crippen LogP contribution in [0.15, 0.2) is 53.0 Å². The zero-order valence-corrected chi connectivity index (χ0v) is 24.4. The van der Waals surface area contributed by atoms with Crippen molar-refractivity contribution in [3.05, 3.63) is 59.4 Å². The van der Waals surface area contributed by atoms with Crippen LogP contribution < -0.4 is 5.73 Å². The van der Waals surface area contributed by atoms with Crippen molar-refractivity contribution in [2.75, 3.05) is 58.6 Å². The van der Waals surface area contributed by atoms with Gasteiger partial charge in [0.05, 0.1) is 18.1 Å². The highest BCUT2D eigenvalue weighted by molar-refractivity contribution is 7.91. The van der Waals surface area contributed by atoms with E-state index in [9.17, 15) is 13.2 Å². The molecule has 0 bridgehead atoms. The predicted octanol–water partition coefficient (Wildman–Crippen LogP) is 2.73. The van der Waals surface area contributed by atoms with Crippen LogP contribution in [-0.2, 0) is 21.4 Å². The predicted molar refractivity (Wildman–Crippen MR) is 158 cm³/mol. The second-order valence-corrected chi connectivity index (χ2v) is 14.1. The maximum Gasteiger partial charge on any atom is 0.253 e. The maximum absolute atomic E-state index is 13.8. The number of nitrogens with zero attached hydrogens (tertiary/aromatic N) is 6.